The zero-order valence-electron chi connectivity index (χ0n) is 9.49. The molecular formula is C12H17NS2. The molecule has 0 saturated heterocycles. The molecule has 0 aliphatic heterocycles. The van der Waals surface area contributed by atoms with Crippen molar-refractivity contribution in [3.05, 3.63) is 40.6 Å². The molecule has 0 radical (unpaired) electrons. The van der Waals surface area contributed by atoms with Gasteiger partial charge in [-0.3, -0.25) is 0 Å². The Hall–Kier alpha value is -0.670. The van der Waals surface area contributed by atoms with Gasteiger partial charge < -0.3 is 4.90 Å². The van der Waals surface area contributed by atoms with E-state index in [1.807, 2.05) is 35.3 Å². The minimum absolute atomic E-state index is 1.05. The summed E-state index contributed by atoms with van der Waals surface area (Å²) < 4.78 is 0. The lowest BCUT2D eigenvalue weighted by atomic mass is 10.5. The Morgan fingerprint density at radius 1 is 1.53 bits per heavy atom. The third kappa shape index (κ3) is 4.14. The Kier molecular flexibility index (Phi) is 4.99. The molecule has 82 valence electrons. The third-order valence-electron chi connectivity index (χ3n) is 1.88. The van der Waals surface area contributed by atoms with Crippen molar-refractivity contribution in [1.29, 1.82) is 0 Å². The van der Waals surface area contributed by atoms with Gasteiger partial charge >= 0.3 is 0 Å². The molecule has 0 spiro atoms. The van der Waals surface area contributed by atoms with Gasteiger partial charge in [-0.15, -0.1) is 23.1 Å². The lowest BCUT2D eigenvalue weighted by Crippen LogP contribution is -2.05. The van der Waals surface area contributed by atoms with Crippen LogP contribution in [-0.4, -0.2) is 14.1 Å². The number of nitrogens with zero attached hydrogens (tertiary/aromatic N) is 1. The summed E-state index contributed by atoms with van der Waals surface area (Å²) in [7, 11) is 4.15. The molecule has 1 aromatic heterocycles. The summed E-state index contributed by atoms with van der Waals surface area (Å²) in [6.07, 6.45) is 3.88. The van der Waals surface area contributed by atoms with Gasteiger partial charge in [-0.2, -0.15) is 0 Å². The van der Waals surface area contributed by atoms with Crippen LogP contribution >= 0.6 is 23.1 Å². The fraction of sp³-hybridized carbons (Fsp3) is 0.333. The number of thioether (sulfide) groups is 1. The number of hydrogen-bond donors (Lipinski definition) is 0. The van der Waals surface area contributed by atoms with Crippen LogP contribution in [0.4, 0.5) is 5.00 Å². The van der Waals surface area contributed by atoms with E-state index in [2.05, 4.69) is 44.6 Å². The molecule has 1 rings (SSSR count). The van der Waals surface area contributed by atoms with Gasteiger partial charge in [0.1, 0.15) is 0 Å². The molecule has 1 aromatic rings. The highest BCUT2D eigenvalue weighted by molar-refractivity contribution is 8.02. The predicted octanol–water partition coefficient (Wildman–Crippen LogP) is 4.14. The van der Waals surface area contributed by atoms with Crippen LogP contribution in [0.1, 0.15) is 11.8 Å². The Morgan fingerprint density at radius 3 is 2.80 bits per heavy atom. The molecule has 0 fully saturated rings. The molecule has 0 unspecified atom stereocenters. The highest BCUT2D eigenvalue weighted by Crippen LogP contribution is 2.29. The van der Waals surface area contributed by atoms with Crippen LogP contribution in [0.3, 0.4) is 0 Å². The fourth-order valence-electron chi connectivity index (χ4n) is 1.08. The van der Waals surface area contributed by atoms with Gasteiger partial charge in [-0.05, 0) is 24.0 Å². The first-order valence-electron chi connectivity index (χ1n) is 4.81. The van der Waals surface area contributed by atoms with Crippen LogP contribution in [0.2, 0.25) is 0 Å². The first-order chi connectivity index (χ1) is 7.13. The van der Waals surface area contributed by atoms with Gasteiger partial charge in [0, 0.05) is 24.7 Å². The summed E-state index contributed by atoms with van der Waals surface area (Å²) in [6, 6.07) is 4.38. The van der Waals surface area contributed by atoms with Crippen LogP contribution in [0.25, 0.3) is 0 Å². The van der Waals surface area contributed by atoms with Crippen molar-refractivity contribution in [3.63, 3.8) is 0 Å². The highest BCUT2D eigenvalue weighted by atomic mass is 32.2. The summed E-state index contributed by atoms with van der Waals surface area (Å²) in [6.45, 7) is 5.81. The molecule has 0 amide bonds. The maximum Gasteiger partial charge on any atom is 0.0906 e. The Bertz CT molecular complexity index is 350. The molecule has 3 heteroatoms. The fourth-order valence-corrected chi connectivity index (χ4v) is 2.88. The summed E-state index contributed by atoms with van der Waals surface area (Å²) in [5, 5.41) is 1.32. The van der Waals surface area contributed by atoms with E-state index in [0.717, 1.165) is 5.75 Å². The smallest absolute Gasteiger partial charge is 0.0906 e. The van der Waals surface area contributed by atoms with Crippen LogP contribution in [0.15, 0.2) is 35.8 Å². The third-order valence-corrected chi connectivity index (χ3v) is 4.37. The minimum atomic E-state index is 1.05. The molecule has 0 N–H and O–H groups in total. The van der Waals surface area contributed by atoms with E-state index >= 15 is 0 Å². The van der Waals surface area contributed by atoms with Crippen LogP contribution < -0.4 is 4.90 Å². The lowest BCUT2D eigenvalue weighted by Gasteiger charge is -2.07. The van der Waals surface area contributed by atoms with Gasteiger partial charge in [0.15, 0.2) is 0 Å². The standard InChI is InChI=1S/C12H17NS2/c1-5-6-10(2)14-9-11-7-8-12(15-11)13(3)4/h5-8H,1,9H2,2-4H3/b10-6-. The minimum Gasteiger partial charge on any atom is -0.370 e. The first kappa shape index (κ1) is 12.4. The van der Waals surface area contributed by atoms with Crippen LogP contribution in [0.5, 0.6) is 0 Å². The molecule has 1 heterocycles. The van der Waals surface area contributed by atoms with Crippen LogP contribution in [-0.2, 0) is 5.75 Å². The van der Waals surface area contributed by atoms with Crippen molar-refractivity contribution < 1.29 is 0 Å². The van der Waals surface area contributed by atoms with Crippen LogP contribution in [0, 0.1) is 0 Å². The monoisotopic (exact) mass is 239 g/mol. The van der Waals surface area contributed by atoms with E-state index in [4.69, 9.17) is 0 Å². The van der Waals surface area contributed by atoms with Gasteiger partial charge in [-0.25, -0.2) is 0 Å². The highest BCUT2D eigenvalue weighted by Gasteiger charge is 2.01. The average Bonchev–Trinajstić information content (AvgIpc) is 2.63. The van der Waals surface area contributed by atoms with Crippen molar-refractivity contribution in [2.24, 2.45) is 0 Å². The first-order valence-corrected chi connectivity index (χ1v) is 6.62. The van der Waals surface area contributed by atoms with Gasteiger partial charge in [0.05, 0.1) is 5.00 Å². The molecule has 0 aromatic carbocycles. The van der Waals surface area contributed by atoms with Gasteiger partial charge in [0.2, 0.25) is 0 Å². The maximum absolute atomic E-state index is 3.69. The molecular weight excluding hydrogens is 222 g/mol. The molecule has 1 nitrogen and oxygen atoms in total. The van der Waals surface area contributed by atoms with E-state index in [9.17, 15) is 0 Å². The summed E-state index contributed by atoms with van der Waals surface area (Å²) in [5.74, 6) is 1.05. The summed E-state index contributed by atoms with van der Waals surface area (Å²) >= 11 is 3.71. The van der Waals surface area contributed by atoms with Gasteiger partial charge in [-0.1, -0.05) is 18.7 Å². The second-order valence-electron chi connectivity index (χ2n) is 3.44. The SMILES string of the molecule is C=C/C=C(/C)SCc1ccc(N(C)C)s1. The van der Waals surface area contributed by atoms with E-state index in [-0.39, 0.29) is 0 Å². The number of hydrogen-bond acceptors (Lipinski definition) is 3. The number of thiophene rings is 1. The normalized spacial score (nSPS) is 11.5. The predicted molar refractivity (Wildman–Crippen MR) is 73.9 cm³/mol. The quantitative estimate of drug-likeness (QED) is 0.711. The Balaban J connectivity index is 2.51. The van der Waals surface area contributed by atoms with E-state index < -0.39 is 0 Å². The molecule has 0 bridgehead atoms. The van der Waals surface area contributed by atoms with E-state index in [1.165, 1.54) is 14.8 Å². The summed E-state index contributed by atoms with van der Waals surface area (Å²) in [5.41, 5.74) is 0. The molecule has 0 saturated carbocycles. The van der Waals surface area contributed by atoms with E-state index in [0.29, 0.717) is 0 Å². The Labute approximate surface area is 100 Å². The van der Waals surface area contributed by atoms with Gasteiger partial charge in [0.25, 0.3) is 0 Å². The van der Waals surface area contributed by atoms with Crippen molar-refractivity contribution >= 4 is 28.1 Å². The molecule has 0 aliphatic rings. The molecule has 0 aliphatic carbocycles. The van der Waals surface area contributed by atoms with Crippen molar-refractivity contribution in [1.82, 2.24) is 0 Å². The van der Waals surface area contributed by atoms with Crippen molar-refractivity contribution in [3.8, 4) is 0 Å². The zero-order valence-corrected chi connectivity index (χ0v) is 11.1. The van der Waals surface area contributed by atoms with Crippen molar-refractivity contribution in [2.75, 3.05) is 19.0 Å². The lowest BCUT2D eigenvalue weighted by molar-refractivity contribution is 1.16. The number of rotatable bonds is 5. The Morgan fingerprint density at radius 2 is 2.27 bits per heavy atom. The second-order valence-corrected chi connectivity index (χ2v) is 5.80. The number of allylic oxidation sites excluding steroid dienone is 3. The number of anilines is 1. The topological polar surface area (TPSA) is 3.24 Å². The second kappa shape index (κ2) is 6.03. The summed E-state index contributed by atoms with van der Waals surface area (Å²) in [4.78, 5) is 4.87. The molecule has 15 heavy (non-hydrogen) atoms. The zero-order chi connectivity index (χ0) is 11.3. The average molecular weight is 239 g/mol. The maximum atomic E-state index is 3.69. The van der Waals surface area contributed by atoms with Crippen molar-refractivity contribution in [2.45, 2.75) is 12.7 Å². The largest absolute Gasteiger partial charge is 0.370 e. The molecule has 0 atom stereocenters. The van der Waals surface area contributed by atoms with E-state index in [1.54, 1.807) is 0 Å².